The number of nitrogens with zero attached hydrogens (tertiary/aromatic N) is 2. The summed E-state index contributed by atoms with van der Waals surface area (Å²) in [5, 5.41) is 6.94. The molecule has 3 heteroatoms. The second-order valence-electron chi connectivity index (χ2n) is 5.19. The van der Waals surface area contributed by atoms with Gasteiger partial charge in [-0.3, -0.25) is 5.01 Å². The molecule has 0 aromatic heterocycles. The fourth-order valence-electron chi connectivity index (χ4n) is 2.64. The molecule has 1 aliphatic heterocycles. The van der Waals surface area contributed by atoms with Gasteiger partial charge in [0.2, 0.25) is 0 Å². The molecular formula is C15H18N2O. The summed E-state index contributed by atoms with van der Waals surface area (Å²) in [4.78, 5) is 0. The molecule has 1 heterocycles. The van der Waals surface area contributed by atoms with E-state index in [1.165, 1.54) is 5.71 Å². The molecule has 2 aliphatic carbocycles. The van der Waals surface area contributed by atoms with Crippen LogP contribution in [0.25, 0.3) is 0 Å². The molecule has 0 aromatic carbocycles. The molecule has 0 amide bonds. The lowest BCUT2D eigenvalue weighted by molar-refractivity contribution is 0.227. The van der Waals surface area contributed by atoms with Gasteiger partial charge in [-0.2, -0.15) is 5.10 Å². The molecule has 0 saturated heterocycles. The maximum atomic E-state index is 5.21. The summed E-state index contributed by atoms with van der Waals surface area (Å²) in [5.74, 6) is 0.946. The first-order chi connectivity index (χ1) is 8.71. The van der Waals surface area contributed by atoms with Crippen LogP contribution in [0.2, 0.25) is 0 Å². The fraction of sp³-hybridized carbons (Fsp3) is 0.400. The summed E-state index contributed by atoms with van der Waals surface area (Å²) < 4.78 is 5.21. The zero-order valence-electron chi connectivity index (χ0n) is 10.8. The van der Waals surface area contributed by atoms with E-state index in [0.29, 0.717) is 6.04 Å². The predicted molar refractivity (Wildman–Crippen MR) is 73.2 cm³/mol. The number of fused-ring (bicyclic) bond motifs is 1. The molecule has 0 bridgehead atoms. The molecule has 18 heavy (non-hydrogen) atoms. The Morgan fingerprint density at radius 2 is 2.28 bits per heavy atom. The van der Waals surface area contributed by atoms with E-state index in [1.54, 1.807) is 7.11 Å². The number of hydrogen-bond donors (Lipinski definition) is 0. The summed E-state index contributed by atoms with van der Waals surface area (Å²) >= 11 is 0. The van der Waals surface area contributed by atoms with Crippen LogP contribution in [0.3, 0.4) is 0 Å². The molecule has 3 rings (SSSR count). The highest BCUT2D eigenvalue weighted by Gasteiger charge is 2.37. The van der Waals surface area contributed by atoms with Gasteiger partial charge in [0.1, 0.15) is 5.76 Å². The number of allylic oxidation sites excluding steroid dienone is 4. The lowest BCUT2D eigenvalue weighted by atomic mass is 9.82. The minimum atomic E-state index is 0.0772. The average Bonchev–Trinajstić information content (AvgIpc) is 2.76. The molecule has 0 N–H and O–H groups in total. The fourth-order valence-corrected chi connectivity index (χ4v) is 2.64. The first kappa shape index (κ1) is 11.3. The Hall–Kier alpha value is -1.77. The van der Waals surface area contributed by atoms with Crippen molar-refractivity contribution in [1.29, 1.82) is 0 Å². The summed E-state index contributed by atoms with van der Waals surface area (Å²) in [7, 11) is 1.71. The van der Waals surface area contributed by atoms with Gasteiger partial charge in [0.25, 0.3) is 0 Å². The molecule has 0 radical (unpaired) electrons. The van der Waals surface area contributed by atoms with Crippen LogP contribution in [0.15, 0.2) is 53.4 Å². The molecule has 3 aliphatic rings. The van der Waals surface area contributed by atoms with Crippen LogP contribution in [-0.4, -0.2) is 30.4 Å². The molecule has 0 spiro atoms. The molecule has 0 saturated carbocycles. The Bertz CT molecular complexity index is 499. The quantitative estimate of drug-likeness (QED) is 0.743. The second-order valence-corrected chi connectivity index (χ2v) is 5.19. The largest absolute Gasteiger partial charge is 0.497 e. The van der Waals surface area contributed by atoms with Crippen molar-refractivity contribution in [3.05, 3.63) is 48.3 Å². The van der Waals surface area contributed by atoms with Crippen LogP contribution in [-0.2, 0) is 4.74 Å². The van der Waals surface area contributed by atoms with Crippen LogP contribution >= 0.6 is 0 Å². The number of hydrogen-bond acceptors (Lipinski definition) is 3. The van der Waals surface area contributed by atoms with Crippen LogP contribution in [0.4, 0.5) is 0 Å². The van der Waals surface area contributed by atoms with Gasteiger partial charge in [-0.05, 0) is 31.6 Å². The monoisotopic (exact) mass is 242 g/mol. The van der Waals surface area contributed by atoms with Crippen molar-refractivity contribution in [3.63, 3.8) is 0 Å². The van der Waals surface area contributed by atoms with E-state index in [0.717, 1.165) is 18.7 Å². The van der Waals surface area contributed by atoms with Crippen molar-refractivity contribution in [2.24, 2.45) is 10.5 Å². The number of hydrazone groups is 1. The topological polar surface area (TPSA) is 24.8 Å². The Morgan fingerprint density at radius 1 is 1.39 bits per heavy atom. The third-order valence-electron chi connectivity index (χ3n) is 3.80. The minimum Gasteiger partial charge on any atom is -0.497 e. The Balaban J connectivity index is 1.76. The Morgan fingerprint density at radius 3 is 2.94 bits per heavy atom. The van der Waals surface area contributed by atoms with Crippen molar-refractivity contribution >= 4 is 5.71 Å². The minimum absolute atomic E-state index is 0.0772. The van der Waals surface area contributed by atoms with E-state index in [-0.39, 0.29) is 5.41 Å². The average molecular weight is 242 g/mol. The Labute approximate surface area is 108 Å². The van der Waals surface area contributed by atoms with Gasteiger partial charge in [0.05, 0.1) is 25.4 Å². The predicted octanol–water partition coefficient (Wildman–Crippen LogP) is 2.65. The van der Waals surface area contributed by atoms with Crippen molar-refractivity contribution in [1.82, 2.24) is 5.01 Å². The first-order valence-corrected chi connectivity index (χ1v) is 6.35. The van der Waals surface area contributed by atoms with Crippen LogP contribution in [0, 0.1) is 5.41 Å². The van der Waals surface area contributed by atoms with E-state index in [1.807, 2.05) is 6.08 Å². The van der Waals surface area contributed by atoms with Crippen LogP contribution in [0.5, 0.6) is 0 Å². The van der Waals surface area contributed by atoms with Gasteiger partial charge >= 0.3 is 0 Å². The Kier molecular flexibility index (Phi) is 2.62. The van der Waals surface area contributed by atoms with Crippen LogP contribution < -0.4 is 0 Å². The second kappa shape index (κ2) is 4.16. The lowest BCUT2D eigenvalue weighted by Gasteiger charge is -2.28. The van der Waals surface area contributed by atoms with Crippen LogP contribution in [0.1, 0.15) is 13.3 Å². The van der Waals surface area contributed by atoms with Crippen molar-refractivity contribution in [2.75, 3.05) is 13.7 Å². The number of ether oxygens (including phenoxy) is 1. The van der Waals surface area contributed by atoms with E-state index >= 15 is 0 Å². The van der Waals surface area contributed by atoms with Gasteiger partial charge in [-0.1, -0.05) is 24.3 Å². The highest BCUT2D eigenvalue weighted by Crippen LogP contribution is 2.34. The zero-order valence-corrected chi connectivity index (χ0v) is 10.8. The molecule has 0 aromatic rings. The van der Waals surface area contributed by atoms with Crippen molar-refractivity contribution < 1.29 is 4.74 Å². The van der Waals surface area contributed by atoms with E-state index in [4.69, 9.17) is 9.84 Å². The standard InChI is InChI=1S/C15H18N2O/c1-15-10-4-3-5-14(15)16-17(11-15)12-6-8-13(18-2)9-7-12/h3-6,8-10,12H,7,11H2,1-2H3. The molecule has 3 nitrogen and oxygen atoms in total. The van der Waals surface area contributed by atoms with Gasteiger partial charge < -0.3 is 4.74 Å². The summed E-state index contributed by atoms with van der Waals surface area (Å²) in [6.45, 7) is 3.20. The molecular weight excluding hydrogens is 224 g/mol. The zero-order chi connectivity index (χ0) is 12.6. The van der Waals surface area contributed by atoms with Crippen molar-refractivity contribution in [3.8, 4) is 0 Å². The van der Waals surface area contributed by atoms with Gasteiger partial charge in [0.15, 0.2) is 0 Å². The van der Waals surface area contributed by atoms with Gasteiger partial charge in [-0.25, -0.2) is 0 Å². The van der Waals surface area contributed by atoms with Gasteiger partial charge in [0, 0.05) is 5.41 Å². The highest BCUT2D eigenvalue weighted by molar-refractivity contribution is 6.03. The first-order valence-electron chi connectivity index (χ1n) is 6.35. The third-order valence-corrected chi connectivity index (χ3v) is 3.80. The van der Waals surface area contributed by atoms with E-state index < -0.39 is 0 Å². The summed E-state index contributed by atoms with van der Waals surface area (Å²) in [6.07, 6.45) is 15.8. The maximum absolute atomic E-state index is 5.21. The molecule has 94 valence electrons. The van der Waals surface area contributed by atoms with E-state index in [2.05, 4.69) is 48.4 Å². The molecule has 0 fully saturated rings. The normalized spacial score (nSPS) is 33.2. The maximum Gasteiger partial charge on any atom is 0.114 e. The SMILES string of the molecule is COC1=CCC(N2CC3(C)C=CC=CC3=N2)C=C1. The smallest absolute Gasteiger partial charge is 0.114 e. The summed E-state index contributed by atoms with van der Waals surface area (Å²) in [6, 6.07) is 0.348. The molecule has 2 atom stereocenters. The number of methoxy groups -OCH3 is 1. The third kappa shape index (κ3) is 1.80. The summed E-state index contributed by atoms with van der Waals surface area (Å²) in [5.41, 5.74) is 1.24. The molecule has 2 unspecified atom stereocenters. The van der Waals surface area contributed by atoms with Crippen molar-refractivity contribution in [2.45, 2.75) is 19.4 Å². The van der Waals surface area contributed by atoms with Gasteiger partial charge in [-0.15, -0.1) is 0 Å². The lowest BCUT2D eigenvalue weighted by Crippen LogP contribution is -2.34. The highest BCUT2D eigenvalue weighted by atomic mass is 16.5. The van der Waals surface area contributed by atoms with E-state index in [9.17, 15) is 0 Å². The number of rotatable bonds is 2.